The fraction of sp³-hybridized carbons (Fsp3) is 0.250. The summed E-state index contributed by atoms with van der Waals surface area (Å²) in [5.41, 5.74) is 1.31. The van der Waals surface area contributed by atoms with Crippen LogP contribution in [0.3, 0.4) is 0 Å². The van der Waals surface area contributed by atoms with Crippen molar-refractivity contribution in [2.75, 3.05) is 0 Å². The van der Waals surface area contributed by atoms with Gasteiger partial charge in [0, 0.05) is 6.42 Å². The Kier molecular flexibility index (Phi) is 4.62. The molecule has 0 atom stereocenters. The maximum Gasteiger partial charge on any atom is 0.120 e. The van der Waals surface area contributed by atoms with Gasteiger partial charge in [-0.15, -0.1) is 0 Å². The Morgan fingerprint density at radius 2 is 1.77 bits per heavy atom. The zero-order valence-electron chi connectivity index (χ0n) is 7.65. The smallest absolute Gasteiger partial charge is 0.120 e. The van der Waals surface area contributed by atoms with Crippen LogP contribution in [0.4, 0.5) is 0 Å². The molecule has 0 aliphatic rings. The summed E-state index contributed by atoms with van der Waals surface area (Å²) in [7, 11) is 0. The monoisotopic (exact) mass is 174 g/mol. The van der Waals surface area contributed by atoms with Crippen molar-refractivity contribution in [1.82, 2.24) is 0 Å². The molecule has 1 aromatic rings. The molecule has 0 fully saturated rings. The first kappa shape index (κ1) is 9.72. The molecule has 0 radical (unpaired) electrons. The summed E-state index contributed by atoms with van der Waals surface area (Å²) in [4.78, 5) is 10.0. The van der Waals surface area contributed by atoms with Crippen molar-refractivity contribution in [1.29, 1.82) is 0 Å². The zero-order valence-corrected chi connectivity index (χ0v) is 7.65. The van der Waals surface area contributed by atoms with E-state index in [1.807, 2.05) is 18.2 Å². The molecule has 0 N–H and O–H groups in total. The van der Waals surface area contributed by atoms with Crippen LogP contribution in [0.15, 0.2) is 42.5 Å². The van der Waals surface area contributed by atoms with Crippen LogP contribution >= 0.6 is 0 Å². The molecule has 0 saturated heterocycles. The van der Waals surface area contributed by atoms with Gasteiger partial charge in [-0.1, -0.05) is 42.5 Å². The summed E-state index contributed by atoms with van der Waals surface area (Å²) in [5.74, 6) is 0. The third-order valence-corrected chi connectivity index (χ3v) is 1.81. The van der Waals surface area contributed by atoms with Gasteiger partial charge >= 0.3 is 0 Å². The molecule has 68 valence electrons. The lowest BCUT2D eigenvalue weighted by molar-refractivity contribution is -0.107. The molecule has 1 rings (SSSR count). The van der Waals surface area contributed by atoms with Gasteiger partial charge in [0.1, 0.15) is 6.29 Å². The number of benzene rings is 1. The zero-order chi connectivity index (χ0) is 9.36. The van der Waals surface area contributed by atoms with Crippen molar-refractivity contribution in [3.63, 3.8) is 0 Å². The maximum atomic E-state index is 10.0. The molecule has 0 aliphatic heterocycles. The van der Waals surface area contributed by atoms with Crippen LogP contribution in [-0.2, 0) is 11.2 Å². The summed E-state index contributed by atoms with van der Waals surface area (Å²) in [6.07, 6.45) is 7.56. The van der Waals surface area contributed by atoms with Crippen LogP contribution in [0, 0.1) is 0 Å². The third-order valence-electron chi connectivity index (χ3n) is 1.81. The Balaban J connectivity index is 2.26. The third kappa shape index (κ3) is 4.26. The minimum Gasteiger partial charge on any atom is -0.303 e. The van der Waals surface area contributed by atoms with Gasteiger partial charge in [-0.2, -0.15) is 0 Å². The average molecular weight is 174 g/mol. The molecule has 1 nitrogen and oxygen atoms in total. The largest absolute Gasteiger partial charge is 0.303 e. The van der Waals surface area contributed by atoms with Gasteiger partial charge in [-0.25, -0.2) is 0 Å². The normalized spacial score (nSPS) is 10.5. The summed E-state index contributed by atoms with van der Waals surface area (Å²) in [5, 5.41) is 0. The molecular formula is C12H14O. The van der Waals surface area contributed by atoms with Gasteiger partial charge in [-0.3, -0.25) is 0 Å². The lowest BCUT2D eigenvalue weighted by atomic mass is 10.1. The van der Waals surface area contributed by atoms with Crippen molar-refractivity contribution in [2.24, 2.45) is 0 Å². The second-order valence-electron chi connectivity index (χ2n) is 2.91. The molecule has 1 aromatic carbocycles. The molecule has 0 saturated carbocycles. The van der Waals surface area contributed by atoms with E-state index in [9.17, 15) is 4.79 Å². The second kappa shape index (κ2) is 6.18. The molecule has 0 bridgehead atoms. The second-order valence-corrected chi connectivity index (χ2v) is 2.91. The highest BCUT2D eigenvalue weighted by molar-refractivity contribution is 5.49. The average Bonchev–Trinajstić information content (AvgIpc) is 2.19. The quantitative estimate of drug-likeness (QED) is 0.381. The lowest BCUT2D eigenvalue weighted by Gasteiger charge is -1.93. The Morgan fingerprint density at radius 1 is 1.00 bits per heavy atom. The van der Waals surface area contributed by atoms with Crippen molar-refractivity contribution >= 4 is 6.29 Å². The van der Waals surface area contributed by atoms with E-state index in [2.05, 4.69) is 24.3 Å². The van der Waals surface area contributed by atoms with Gasteiger partial charge in [0.15, 0.2) is 0 Å². The Morgan fingerprint density at radius 3 is 2.46 bits per heavy atom. The minimum absolute atomic E-state index is 0.630. The fourth-order valence-electron chi connectivity index (χ4n) is 1.12. The number of unbranched alkanes of at least 4 members (excludes halogenated alkanes) is 1. The molecular weight excluding hydrogens is 160 g/mol. The maximum absolute atomic E-state index is 10.0. The van der Waals surface area contributed by atoms with E-state index in [1.165, 1.54) is 5.56 Å². The first-order chi connectivity index (χ1) is 6.43. The van der Waals surface area contributed by atoms with Crippen LogP contribution in [0.1, 0.15) is 18.4 Å². The van der Waals surface area contributed by atoms with Crippen LogP contribution in [-0.4, -0.2) is 6.29 Å². The van der Waals surface area contributed by atoms with Gasteiger partial charge < -0.3 is 4.79 Å². The highest BCUT2D eigenvalue weighted by Gasteiger charge is 1.85. The highest BCUT2D eigenvalue weighted by atomic mass is 16.1. The summed E-state index contributed by atoms with van der Waals surface area (Å²) >= 11 is 0. The van der Waals surface area contributed by atoms with Crippen molar-refractivity contribution in [2.45, 2.75) is 19.3 Å². The molecule has 0 spiro atoms. The molecule has 0 aromatic heterocycles. The summed E-state index contributed by atoms with van der Waals surface area (Å²) in [6, 6.07) is 10.3. The standard InChI is InChI=1S/C12H14O/c13-11-7-2-1-4-8-12-9-5-3-6-10-12/h1,3-6,9-11H,2,7-8H2. The lowest BCUT2D eigenvalue weighted by Crippen LogP contribution is -1.78. The van der Waals surface area contributed by atoms with E-state index >= 15 is 0 Å². The number of rotatable bonds is 5. The molecule has 0 aliphatic carbocycles. The molecule has 0 heterocycles. The van der Waals surface area contributed by atoms with E-state index < -0.39 is 0 Å². The van der Waals surface area contributed by atoms with E-state index in [0.29, 0.717) is 6.42 Å². The number of carbonyl (C=O) groups excluding carboxylic acids is 1. The summed E-state index contributed by atoms with van der Waals surface area (Å²) in [6.45, 7) is 0. The molecule has 0 unspecified atom stereocenters. The van der Waals surface area contributed by atoms with Crippen molar-refractivity contribution in [3.05, 3.63) is 48.0 Å². The number of hydrogen-bond donors (Lipinski definition) is 0. The van der Waals surface area contributed by atoms with Crippen LogP contribution < -0.4 is 0 Å². The fourth-order valence-corrected chi connectivity index (χ4v) is 1.12. The van der Waals surface area contributed by atoms with E-state index in [1.54, 1.807) is 0 Å². The van der Waals surface area contributed by atoms with Crippen molar-refractivity contribution in [3.8, 4) is 0 Å². The van der Waals surface area contributed by atoms with Crippen LogP contribution in [0.5, 0.6) is 0 Å². The molecule has 1 heteroatoms. The summed E-state index contributed by atoms with van der Waals surface area (Å²) < 4.78 is 0. The molecule has 0 amide bonds. The first-order valence-corrected chi connectivity index (χ1v) is 4.56. The van der Waals surface area contributed by atoms with Gasteiger partial charge in [0.25, 0.3) is 0 Å². The highest BCUT2D eigenvalue weighted by Crippen LogP contribution is 2.00. The predicted molar refractivity (Wildman–Crippen MR) is 54.6 cm³/mol. The van der Waals surface area contributed by atoms with E-state index in [4.69, 9.17) is 0 Å². The first-order valence-electron chi connectivity index (χ1n) is 4.56. The van der Waals surface area contributed by atoms with E-state index in [-0.39, 0.29) is 0 Å². The topological polar surface area (TPSA) is 17.1 Å². The van der Waals surface area contributed by atoms with Crippen LogP contribution in [0.2, 0.25) is 0 Å². The van der Waals surface area contributed by atoms with Crippen molar-refractivity contribution < 1.29 is 4.79 Å². The van der Waals surface area contributed by atoms with E-state index in [0.717, 1.165) is 19.1 Å². The van der Waals surface area contributed by atoms with Crippen LogP contribution in [0.25, 0.3) is 0 Å². The van der Waals surface area contributed by atoms with Gasteiger partial charge in [0.05, 0.1) is 0 Å². The molecule has 13 heavy (non-hydrogen) atoms. The van der Waals surface area contributed by atoms with Gasteiger partial charge in [0.2, 0.25) is 0 Å². The number of aldehydes is 1. The Hall–Kier alpha value is -1.37. The minimum atomic E-state index is 0.630. The Labute approximate surface area is 79.1 Å². The predicted octanol–water partition coefficient (Wildman–Crippen LogP) is 2.76. The Bertz CT molecular complexity index is 262. The number of hydrogen-bond acceptors (Lipinski definition) is 1. The SMILES string of the molecule is O=CCCC=CCc1ccccc1. The number of carbonyl (C=O) groups is 1. The van der Waals surface area contributed by atoms with Gasteiger partial charge in [-0.05, 0) is 18.4 Å². The number of allylic oxidation sites excluding steroid dienone is 2.